The number of carbonyl (C=O) groups excluding carboxylic acids is 2. The maximum absolute atomic E-state index is 11.6. The zero-order valence-electron chi connectivity index (χ0n) is 12.4. The largest absolute Gasteiger partial charge is 0.482 e. The van der Waals surface area contributed by atoms with Crippen molar-refractivity contribution in [2.24, 2.45) is 0 Å². The molecule has 0 radical (unpaired) electrons. The van der Waals surface area contributed by atoms with Gasteiger partial charge in [0.15, 0.2) is 6.61 Å². The van der Waals surface area contributed by atoms with Gasteiger partial charge >= 0.3 is 0 Å². The molecular weight excluding hydrogens is 351 g/mol. The van der Waals surface area contributed by atoms with Gasteiger partial charge in [0.2, 0.25) is 5.91 Å². The second-order valence-corrected chi connectivity index (χ2v) is 6.78. The molecule has 0 aliphatic heterocycles. The molecule has 0 saturated heterocycles. The normalized spacial score (nSPS) is 11.0. The quantitative estimate of drug-likeness (QED) is 0.786. The smallest absolute Gasteiger partial charge is 0.258 e. The molecule has 0 unspecified atom stereocenters. The fourth-order valence-corrected chi connectivity index (χ4v) is 2.04. The summed E-state index contributed by atoms with van der Waals surface area (Å²) in [5, 5.41) is 5.97. The molecule has 1 aromatic carbocycles. The minimum absolute atomic E-state index is 0.130. The van der Waals surface area contributed by atoms with Gasteiger partial charge < -0.3 is 15.4 Å². The number of nitrogens with one attached hydrogen (secondary N) is 2. The average Bonchev–Trinajstić information content (AvgIpc) is 2.37. The summed E-state index contributed by atoms with van der Waals surface area (Å²) < 4.78 is 5.25. The van der Waals surface area contributed by atoms with Gasteiger partial charge in [-0.05, 0) is 26.8 Å². The molecule has 0 spiro atoms. The van der Waals surface area contributed by atoms with Crippen LogP contribution in [-0.4, -0.2) is 30.5 Å². The Morgan fingerprint density at radius 3 is 2.23 bits per heavy atom. The molecule has 0 heterocycles. The van der Waals surface area contributed by atoms with Crippen LogP contribution >= 0.6 is 34.8 Å². The van der Waals surface area contributed by atoms with Gasteiger partial charge in [-0.15, -0.1) is 0 Å². The third-order valence-corrected chi connectivity index (χ3v) is 3.31. The molecule has 5 nitrogen and oxygen atoms in total. The molecule has 0 saturated carbocycles. The van der Waals surface area contributed by atoms with E-state index in [9.17, 15) is 9.59 Å². The number of hydrogen-bond donors (Lipinski definition) is 2. The highest BCUT2D eigenvalue weighted by Gasteiger charge is 2.15. The Hall–Kier alpha value is -1.17. The van der Waals surface area contributed by atoms with Crippen LogP contribution in [0.15, 0.2) is 12.1 Å². The molecule has 1 rings (SSSR count). The Morgan fingerprint density at radius 2 is 1.64 bits per heavy atom. The van der Waals surface area contributed by atoms with Gasteiger partial charge in [-0.25, -0.2) is 0 Å². The van der Waals surface area contributed by atoms with E-state index in [0.717, 1.165) is 0 Å². The maximum Gasteiger partial charge on any atom is 0.258 e. The molecule has 8 heteroatoms. The second-order valence-electron chi connectivity index (χ2n) is 5.56. The molecule has 2 N–H and O–H groups in total. The lowest BCUT2D eigenvalue weighted by Gasteiger charge is -2.20. The van der Waals surface area contributed by atoms with Crippen molar-refractivity contribution in [2.75, 3.05) is 13.2 Å². The molecule has 122 valence electrons. The molecule has 0 aliphatic rings. The third-order valence-electron chi connectivity index (χ3n) is 2.29. The van der Waals surface area contributed by atoms with Crippen molar-refractivity contribution in [1.82, 2.24) is 10.6 Å². The summed E-state index contributed by atoms with van der Waals surface area (Å²) in [5.74, 6) is -0.495. The van der Waals surface area contributed by atoms with Crippen molar-refractivity contribution in [3.63, 3.8) is 0 Å². The van der Waals surface area contributed by atoms with Gasteiger partial charge in [0.25, 0.3) is 5.91 Å². The topological polar surface area (TPSA) is 67.4 Å². The summed E-state index contributed by atoms with van der Waals surface area (Å²) in [6.45, 7) is 5.13. The summed E-state index contributed by atoms with van der Waals surface area (Å²) in [6, 6.07) is 2.85. The molecule has 22 heavy (non-hydrogen) atoms. The van der Waals surface area contributed by atoms with E-state index in [4.69, 9.17) is 39.5 Å². The number of halogens is 3. The lowest BCUT2D eigenvalue weighted by Crippen LogP contribution is -2.46. The van der Waals surface area contributed by atoms with E-state index in [-0.39, 0.29) is 40.4 Å². The fraction of sp³-hybridized carbons (Fsp3) is 0.429. The monoisotopic (exact) mass is 366 g/mol. The Kier molecular flexibility index (Phi) is 6.78. The van der Waals surface area contributed by atoms with E-state index in [2.05, 4.69) is 10.6 Å². The second kappa shape index (κ2) is 7.90. The Balaban J connectivity index is 2.44. The molecule has 0 atom stereocenters. The van der Waals surface area contributed by atoms with E-state index in [0.29, 0.717) is 5.02 Å². The number of benzene rings is 1. The Morgan fingerprint density at radius 1 is 1.05 bits per heavy atom. The van der Waals surface area contributed by atoms with Crippen LogP contribution in [0, 0.1) is 0 Å². The van der Waals surface area contributed by atoms with E-state index in [1.54, 1.807) is 0 Å². The van der Waals surface area contributed by atoms with E-state index >= 15 is 0 Å². The van der Waals surface area contributed by atoms with Crippen LogP contribution in [0.3, 0.4) is 0 Å². The van der Waals surface area contributed by atoms with Gasteiger partial charge in [0.1, 0.15) is 5.75 Å². The zero-order valence-corrected chi connectivity index (χ0v) is 14.7. The minimum atomic E-state index is -0.453. The molecule has 0 bridgehead atoms. The Labute approximate surface area is 144 Å². The molecule has 0 aliphatic carbocycles. The number of ether oxygens (including phenoxy) is 1. The van der Waals surface area contributed by atoms with Crippen LogP contribution < -0.4 is 15.4 Å². The maximum atomic E-state index is 11.6. The van der Waals surface area contributed by atoms with Crippen LogP contribution in [0.2, 0.25) is 15.1 Å². The molecule has 0 fully saturated rings. The number of hydrogen-bond acceptors (Lipinski definition) is 3. The van der Waals surface area contributed by atoms with Gasteiger partial charge in [0.05, 0.1) is 21.6 Å². The highest BCUT2D eigenvalue weighted by molar-refractivity contribution is 6.43. The van der Waals surface area contributed by atoms with Crippen molar-refractivity contribution < 1.29 is 14.3 Å². The predicted octanol–water partition coefficient (Wildman–Crippen LogP) is 3.06. The van der Waals surface area contributed by atoms with Gasteiger partial charge in [-0.3, -0.25) is 9.59 Å². The SMILES string of the molecule is CC(C)(C)NC(=O)CNC(=O)COc1cc(Cl)c(Cl)cc1Cl. The number of rotatable bonds is 5. The first kappa shape index (κ1) is 18.9. The molecule has 1 aromatic rings. The number of carbonyl (C=O) groups is 2. The van der Waals surface area contributed by atoms with Crippen molar-refractivity contribution >= 4 is 46.6 Å². The fourth-order valence-electron chi connectivity index (χ4n) is 1.45. The van der Waals surface area contributed by atoms with Crippen LogP contribution in [0.1, 0.15) is 20.8 Å². The first-order valence-corrected chi connectivity index (χ1v) is 7.57. The highest BCUT2D eigenvalue weighted by atomic mass is 35.5. The van der Waals surface area contributed by atoms with Crippen molar-refractivity contribution in [2.45, 2.75) is 26.3 Å². The summed E-state index contributed by atoms with van der Waals surface area (Å²) in [4.78, 5) is 23.2. The summed E-state index contributed by atoms with van der Waals surface area (Å²) in [5.41, 5.74) is -0.355. The first-order valence-electron chi connectivity index (χ1n) is 6.43. The summed E-state index contributed by atoms with van der Waals surface area (Å²) in [7, 11) is 0. The summed E-state index contributed by atoms with van der Waals surface area (Å²) in [6.07, 6.45) is 0. The summed E-state index contributed by atoms with van der Waals surface area (Å²) >= 11 is 17.6. The standard InChI is InChI=1S/C14H17Cl3N2O3/c1-14(2,3)19-12(20)6-18-13(21)7-22-11-5-9(16)8(15)4-10(11)17/h4-5H,6-7H2,1-3H3,(H,18,21)(H,19,20). The molecular formula is C14H17Cl3N2O3. The van der Waals surface area contributed by atoms with E-state index in [1.807, 2.05) is 20.8 Å². The minimum Gasteiger partial charge on any atom is -0.482 e. The highest BCUT2D eigenvalue weighted by Crippen LogP contribution is 2.33. The van der Waals surface area contributed by atoms with Crippen molar-refractivity contribution in [1.29, 1.82) is 0 Å². The van der Waals surface area contributed by atoms with Crippen LogP contribution in [-0.2, 0) is 9.59 Å². The Bertz CT molecular complexity index is 571. The van der Waals surface area contributed by atoms with Crippen LogP contribution in [0.5, 0.6) is 5.75 Å². The van der Waals surface area contributed by atoms with Gasteiger partial charge in [-0.2, -0.15) is 0 Å². The lowest BCUT2D eigenvalue weighted by atomic mass is 10.1. The van der Waals surface area contributed by atoms with Crippen molar-refractivity contribution in [3.05, 3.63) is 27.2 Å². The number of amides is 2. The first-order chi connectivity index (χ1) is 10.1. The van der Waals surface area contributed by atoms with E-state index < -0.39 is 5.91 Å². The predicted molar refractivity (Wildman–Crippen MR) is 87.9 cm³/mol. The van der Waals surface area contributed by atoms with Gasteiger partial charge in [0, 0.05) is 11.6 Å². The third kappa shape index (κ3) is 6.73. The van der Waals surface area contributed by atoms with Gasteiger partial charge in [-0.1, -0.05) is 34.8 Å². The molecule has 2 amide bonds. The van der Waals surface area contributed by atoms with Crippen molar-refractivity contribution in [3.8, 4) is 5.75 Å². The molecule has 0 aromatic heterocycles. The van der Waals surface area contributed by atoms with E-state index in [1.165, 1.54) is 12.1 Å². The van der Waals surface area contributed by atoms with Crippen LogP contribution in [0.25, 0.3) is 0 Å². The lowest BCUT2D eigenvalue weighted by molar-refractivity contribution is -0.127. The van der Waals surface area contributed by atoms with Crippen LogP contribution in [0.4, 0.5) is 0 Å². The average molecular weight is 368 g/mol. The zero-order chi connectivity index (χ0) is 16.9.